The van der Waals surface area contributed by atoms with Gasteiger partial charge in [0.05, 0.1) is 17.4 Å². The van der Waals surface area contributed by atoms with Gasteiger partial charge in [0.25, 0.3) is 5.91 Å². The van der Waals surface area contributed by atoms with E-state index < -0.39 is 6.04 Å². The van der Waals surface area contributed by atoms with Gasteiger partial charge in [0.1, 0.15) is 0 Å². The SMILES string of the molecule is N#CC1C=Nc2ccccc2N1C(=O)c1ccc(Cl)cc1. The third-order valence-electron chi connectivity index (χ3n) is 3.22. The van der Waals surface area contributed by atoms with Gasteiger partial charge in [0.2, 0.25) is 0 Å². The van der Waals surface area contributed by atoms with Crippen LogP contribution in [-0.4, -0.2) is 18.2 Å². The van der Waals surface area contributed by atoms with Gasteiger partial charge in [0, 0.05) is 16.8 Å². The van der Waals surface area contributed by atoms with Crippen LogP contribution in [0.4, 0.5) is 11.4 Å². The molecule has 2 aromatic rings. The van der Waals surface area contributed by atoms with Gasteiger partial charge in [-0.25, -0.2) is 0 Å². The van der Waals surface area contributed by atoms with E-state index in [1.165, 1.54) is 11.1 Å². The van der Waals surface area contributed by atoms with Crippen molar-refractivity contribution in [1.29, 1.82) is 5.26 Å². The maximum atomic E-state index is 12.7. The van der Waals surface area contributed by atoms with Crippen LogP contribution in [0.3, 0.4) is 0 Å². The number of hydrogen-bond donors (Lipinski definition) is 0. The van der Waals surface area contributed by atoms with Gasteiger partial charge in [-0.3, -0.25) is 14.7 Å². The molecule has 0 radical (unpaired) electrons. The lowest BCUT2D eigenvalue weighted by molar-refractivity contribution is 0.0986. The zero-order valence-corrected chi connectivity index (χ0v) is 11.7. The van der Waals surface area contributed by atoms with Gasteiger partial charge in [-0.1, -0.05) is 23.7 Å². The molecule has 1 atom stereocenters. The van der Waals surface area contributed by atoms with E-state index in [9.17, 15) is 10.1 Å². The number of carbonyl (C=O) groups excluding carboxylic acids is 1. The first-order valence-electron chi connectivity index (χ1n) is 6.32. The summed E-state index contributed by atoms with van der Waals surface area (Å²) in [6.07, 6.45) is 1.48. The minimum Gasteiger partial charge on any atom is -0.284 e. The van der Waals surface area contributed by atoms with Crippen LogP contribution in [-0.2, 0) is 0 Å². The molecule has 102 valence electrons. The minimum atomic E-state index is -0.719. The highest BCUT2D eigenvalue weighted by molar-refractivity contribution is 6.30. The quantitative estimate of drug-likeness (QED) is 0.807. The van der Waals surface area contributed by atoms with E-state index in [2.05, 4.69) is 11.1 Å². The van der Waals surface area contributed by atoms with Crippen molar-refractivity contribution in [2.75, 3.05) is 4.90 Å². The van der Waals surface area contributed by atoms with Crippen molar-refractivity contribution < 1.29 is 4.79 Å². The predicted octanol–water partition coefficient (Wildman–Crippen LogP) is 3.59. The number of rotatable bonds is 1. The number of hydrogen-bond acceptors (Lipinski definition) is 3. The number of para-hydroxylation sites is 2. The number of anilines is 1. The molecule has 5 heteroatoms. The van der Waals surface area contributed by atoms with Gasteiger partial charge in [-0.05, 0) is 36.4 Å². The molecule has 0 aromatic heterocycles. The Bertz CT molecular complexity index is 762. The first kappa shape index (κ1) is 13.3. The second-order valence-corrected chi connectivity index (χ2v) is 4.96. The summed E-state index contributed by atoms with van der Waals surface area (Å²) >= 11 is 5.84. The van der Waals surface area contributed by atoms with Crippen molar-refractivity contribution in [3.05, 3.63) is 59.1 Å². The Morgan fingerprint density at radius 2 is 1.90 bits per heavy atom. The van der Waals surface area contributed by atoms with E-state index in [-0.39, 0.29) is 5.91 Å². The number of carbonyl (C=O) groups is 1. The Hall–Kier alpha value is -2.64. The highest BCUT2D eigenvalue weighted by Crippen LogP contribution is 2.33. The standard InChI is InChI=1S/C16H10ClN3O/c17-12-7-5-11(6-8-12)16(21)20-13(9-18)10-19-14-3-1-2-4-15(14)20/h1-8,10,13H. The molecule has 0 saturated heterocycles. The Morgan fingerprint density at radius 1 is 1.19 bits per heavy atom. The molecule has 0 bridgehead atoms. The van der Waals surface area contributed by atoms with Crippen LogP contribution in [0, 0.1) is 11.3 Å². The average molecular weight is 296 g/mol. The topological polar surface area (TPSA) is 56.5 Å². The summed E-state index contributed by atoms with van der Waals surface area (Å²) < 4.78 is 0. The molecule has 1 amide bonds. The number of fused-ring (bicyclic) bond motifs is 1. The molecule has 1 heterocycles. The van der Waals surface area contributed by atoms with Crippen molar-refractivity contribution in [3.8, 4) is 6.07 Å². The summed E-state index contributed by atoms with van der Waals surface area (Å²) in [5, 5.41) is 9.83. The largest absolute Gasteiger partial charge is 0.284 e. The molecule has 2 aromatic carbocycles. The normalized spacial score (nSPS) is 16.2. The monoisotopic (exact) mass is 295 g/mol. The van der Waals surface area contributed by atoms with Crippen LogP contribution in [0.5, 0.6) is 0 Å². The van der Waals surface area contributed by atoms with E-state index in [0.29, 0.717) is 22.0 Å². The van der Waals surface area contributed by atoms with Crippen molar-refractivity contribution in [1.82, 2.24) is 0 Å². The number of amides is 1. The van der Waals surface area contributed by atoms with Crippen LogP contribution >= 0.6 is 11.6 Å². The fourth-order valence-corrected chi connectivity index (χ4v) is 2.33. The molecule has 0 spiro atoms. The molecule has 0 saturated carbocycles. The third-order valence-corrected chi connectivity index (χ3v) is 3.47. The summed E-state index contributed by atoms with van der Waals surface area (Å²) in [6.45, 7) is 0. The average Bonchev–Trinajstić information content (AvgIpc) is 2.53. The van der Waals surface area contributed by atoms with Crippen molar-refractivity contribution in [3.63, 3.8) is 0 Å². The molecule has 0 fully saturated rings. The summed E-state index contributed by atoms with van der Waals surface area (Å²) in [4.78, 5) is 18.4. The van der Waals surface area contributed by atoms with Gasteiger partial charge in [0.15, 0.2) is 6.04 Å². The lowest BCUT2D eigenvalue weighted by atomic mass is 10.1. The number of halogens is 1. The molecule has 3 rings (SSSR count). The Labute approximate surface area is 126 Å². The van der Waals surface area contributed by atoms with Crippen molar-refractivity contribution in [2.24, 2.45) is 4.99 Å². The van der Waals surface area contributed by atoms with E-state index >= 15 is 0 Å². The maximum Gasteiger partial charge on any atom is 0.259 e. The molecule has 4 nitrogen and oxygen atoms in total. The molecule has 1 aliphatic rings. The zero-order valence-electron chi connectivity index (χ0n) is 10.9. The molecular formula is C16H10ClN3O. The number of benzene rings is 2. The highest BCUT2D eigenvalue weighted by atomic mass is 35.5. The number of nitriles is 1. The van der Waals surface area contributed by atoms with E-state index in [1.807, 2.05) is 18.2 Å². The number of nitrogens with zero attached hydrogens (tertiary/aromatic N) is 3. The van der Waals surface area contributed by atoms with E-state index in [0.717, 1.165) is 0 Å². The lowest BCUT2D eigenvalue weighted by Crippen LogP contribution is -2.42. The van der Waals surface area contributed by atoms with Gasteiger partial charge >= 0.3 is 0 Å². The number of aliphatic imine (C=N–C) groups is 1. The second-order valence-electron chi connectivity index (χ2n) is 4.52. The summed E-state index contributed by atoms with van der Waals surface area (Å²) in [5.41, 5.74) is 1.78. The second kappa shape index (κ2) is 5.39. The Morgan fingerprint density at radius 3 is 2.62 bits per heavy atom. The summed E-state index contributed by atoms with van der Waals surface area (Å²) in [7, 11) is 0. The summed E-state index contributed by atoms with van der Waals surface area (Å²) in [5.74, 6) is -0.253. The van der Waals surface area contributed by atoms with E-state index in [4.69, 9.17) is 11.6 Å². The molecule has 0 N–H and O–H groups in total. The lowest BCUT2D eigenvalue weighted by Gasteiger charge is -2.29. The van der Waals surface area contributed by atoms with Crippen LogP contribution < -0.4 is 4.90 Å². The van der Waals surface area contributed by atoms with Crippen LogP contribution in [0.1, 0.15) is 10.4 Å². The smallest absolute Gasteiger partial charge is 0.259 e. The molecule has 1 unspecified atom stereocenters. The first-order valence-corrected chi connectivity index (χ1v) is 6.70. The predicted molar refractivity (Wildman–Crippen MR) is 82.3 cm³/mol. The fraction of sp³-hybridized carbons (Fsp3) is 0.0625. The van der Waals surface area contributed by atoms with Gasteiger partial charge < -0.3 is 0 Å². The minimum absolute atomic E-state index is 0.253. The Balaban J connectivity index is 2.06. The molecular weight excluding hydrogens is 286 g/mol. The third kappa shape index (κ3) is 2.39. The first-order chi connectivity index (χ1) is 10.2. The highest BCUT2D eigenvalue weighted by Gasteiger charge is 2.29. The zero-order chi connectivity index (χ0) is 14.8. The summed E-state index contributed by atoms with van der Waals surface area (Å²) in [6, 6.07) is 15.2. The van der Waals surface area contributed by atoms with Crippen LogP contribution in [0.15, 0.2) is 53.5 Å². The van der Waals surface area contributed by atoms with E-state index in [1.54, 1.807) is 30.3 Å². The van der Waals surface area contributed by atoms with Crippen LogP contribution in [0.2, 0.25) is 5.02 Å². The van der Waals surface area contributed by atoms with Crippen molar-refractivity contribution in [2.45, 2.75) is 6.04 Å². The fourth-order valence-electron chi connectivity index (χ4n) is 2.20. The molecule has 0 aliphatic carbocycles. The van der Waals surface area contributed by atoms with Crippen molar-refractivity contribution >= 4 is 35.1 Å². The van der Waals surface area contributed by atoms with Gasteiger partial charge in [-0.2, -0.15) is 5.26 Å². The maximum absolute atomic E-state index is 12.7. The van der Waals surface area contributed by atoms with Crippen LogP contribution in [0.25, 0.3) is 0 Å². The Kier molecular flexibility index (Phi) is 3.43. The molecule has 21 heavy (non-hydrogen) atoms. The van der Waals surface area contributed by atoms with Gasteiger partial charge in [-0.15, -0.1) is 0 Å². The molecule has 1 aliphatic heterocycles.